The molecule has 0 bridgehead atoms. The lowest BCUT2D eigenvalue weighted by Gasteiger charge is -2.48. The molecule has 1 N–H and O–H groups in total. The van der Waals surface area contributed by atoms with E-state index in [0.717, 1.165) is 6.42 Å². The Morgan fingerprint density at radius 3 is 1.83 bits per heavy atom. The number of rotatable bonds is 5. The molecule has 0 aromatic rings. The van der Waals surface area contributed by atoms with Crippen LogP contribution in [0.15, 0.2) is 0 Å². The summed E-state index contributed by atoms with van der Waals surface area (Å²) in [7, 11) is -4.26. The van der Waals surface area contributed by atoms with Gasteiger partial charge in [0.2, 0.25) is 0 Å². The van der Waals surface area contributed by atoms with Crippen LogP contribution >= 0.6 is 34.8 Å². The van der Waals surface area contributed by atoms with Crippen molar-refractivity contribution >= 4 is 57.3 Å². The van der Waals surface area contributed by atoms with E-state index in [1.165, 1.54) is 0 Å². The molecule has 1 aliphatic carbocycles. The summed E-state index contributed by atoms with van der Waals surface area (Å²) in [6, 6.07) is -0.421. The van der Waals surface area contributed by atoms with Crippen molar-refractivity contribution in [3.63, 3.8) is 0 Å². The van der Waals surface area contributed by atoms with Crippen molar-refractivity contribution in [1.29, 1.82) is 0 Å². The van der Waals surface area contributed by atoms with E-state index in [4.69, 9.17) is 48.4 Å². The molecule has 0 unspecified atom stereocenters. The number of hydrogen-bond donors (Lipinski definition) is 1. The van der Waals surface area contributed by atoms with Crippen molar-refractivity contribution in [3.8, 4) is 0 Å². The lowest BCUT2D eigenvalue weighted by molar-refractivity contribution is -0.122. The molecule has 30 heavy (non-hydrogen) atoms. The first kappa shape index (κ1) is 26.9. The second-order valence-corrected chi connectivity index (χ2v) is 23.4. The number of carbonyl (C=O) groups is 1. The van der Waals surface area contributed by atoms with Crippen molar-refractivity contribution in [2.24, 2.45) is 0 Å². The predicted molar refractivity (Wildman–Crippen MR) is 130 cm³/mol. The summed E-state index contributed by atoms with van der Waals surface area (Å²) in [5.74, 6) is -0.663. The topological polar surface area (TPSA) is 60.1 Å². The number of amides is 1. The number of fused-ring (bicyclic) bond motifs is 1. The van der Waals surface area contributed by atoms with Crippen molar-refractivity contribution in [2.75, 3.05) is 0 Å². The van der Waals surface area contributed by atoms with Crippen LogP contribution in [0.1, 0.15) is 48.0 Å². The van der Waals surface area contributed by atoms with E-state index in [2.05, 4.69) is 73.0 Å². The Balaban J connectivity index is 2.38. The minimum atomic E-state index is -2.18. The van der Waals surface area contributed by atoms with Gasteiger partial charge in [-0.3, -0.25) is 4.79 Å². The molecule has 176 valence electrons. The molecule has 1 aliphatic heterocycles. The van der Waals surface area contributed by atoms with E-state index in [0.29, 0.717) is 0 Å². The van der Waals surface area contributed by atoms with Crippen LogP contribution in [0.2, 0.25) is 36.3 Å². The van der Waals surface area contributed by atoms with E-state index in [-0.39, 0.29) is 34.5 Å². The molecule has 1 saturated carbocycles. The molecule has 5 atom stereocenters. The van der Waals surface area contributed by atoms with Crippen LogP contribution < -0.4 is 5.32 Å². The van der Waals surface area contributed by atoms with E-state index >= 15 is 0 Å². The molecule has 1 heterocycles. The van der Waals surface area contributed by atoms with Crippen LogP contribution in [0.4, 0.5) is 0 Å². The molecule has 1 saturated heterocycles. The number of epoxide rings is 1. The Labute approximate surface area is 199 Å². The maximum Gasteiger partial charge on any atom is 0.272 e. The summed E-state index contributed by atoms with van der Waals surface area (Å²) in [6.07, 6.45) is 0.0796. The highest BCUT2D eigenvalue weighted by atomic mass is 35.6. The summed E-state index contributed by atoms with van der Waals surface area (Å²) in [5, 5.41) is 2.95. The third kappa shape index (κ3) is 5.96. The van der Waals surface area contributed by atoms with Gasteiger partial charge in [-0.05, 0) is 36.3 Å². The normalized spacial score (nSPS) is 30.6. The largest absolute Gasteiger partial charge is 0.411 e. The van der Waals surface area contributed by atoms with Gasteiger partial charge in [0.15, 0.2) is 16.6 Å². The molecule has 0 radical (unpaired) electrons. The number of carbonyl (C=O) groups excluding carboxylic acids is 1. The van der Waals surface area contributed by atoms with Crippen molar-refractivity contribution in [2.45, 2.75) is 118 Å². The molecule has 0 spiro atoms. The highest BCUT2D eigenvalue weighted by molar-refractivity contribution is 6.76. The SMILES string of the molecule is CC(C)(C)[Si](C)(C)O[C@@H]1[C@@H](NC(=O)C(Cl)(Cl)Cl)[C@H]2O[C@H]2C[C@@H]1O[Si](C)(C)C(C)(C)C. The monoisotopic (exact) mass is 517 g/mol. The second-order valence-electron chi connectivity index (χ2n) is 11.6. The van der Waals surface area contributed by atoms with Crippen LogP contribution in [0, 0.1) is 0 Å². The van der Waals surface area contributed by atoms with E-state index < -0.39 is 32.4 Å². The van der Waals surface area contributed by atoms with Gasteiger partial charge in [0.05, 0.1) is 24.4 Å². The van der Waals surface area contributed by atoms with Crippen LogP contribution in [0.25, 0.3) is 0 Å². The Bertz CT molecular complexity index is 656. The molecule has 0 aromatic heterocycles. The maximum atomic E-state index is 12.5. The van der Waals surface area contributed by atoms with Crippen molar-refractivity contribution in [1.82, 2.24) is 5.32 Å². The Morgan fingerprint density at radius 1 is 0.933 bits per heavy atom. The minimum absolute atomic E-state index is 0.000445. The smallest absolute Gasteiger partial charge is 0.272 e. The molecule has 2 rings (SSSR count). The minimum Gasteiger partial charge on any atom is -0.411 e. The van der Waals surface area contributed by atoms with Crippen LogP contribution in [-0.2, 0) is 18.4 Å². The lowest BCUT2D eigenvalue weighted by Crippen LogP contribution is -2.63. The van der Waals surface area contributed by atoms with E-state index in [9.17, 15) is 4.79 Å². The van der Waals surface area contributed by atoms with E-state index in [1.54, 1.807) is 0 Å². The first-order valence-electron chi connectivity index (χ1n) is 10.6. The van der Waals surface area contributed by atoms with Gasteiger partial charge in [-0.2, -0.15) is 0 Å². The number of hydrogen-bond acceptors (Lipinski definition) is 4. The Hall–Kier alpha value is 0.654. The van der Waals surface area contributed by atoms with Crippen LogP contribution in [0.3, 0.4) is 0 Å². The predicted octanol–water partition coefficient (Wildman–Crippen LogP) is 5.79. The zero-order chi connectivity index (χ0) is 23.5. The highest BCUT2D eigenvalue weighted by Gasteiger charge is 2.60. The maximum absolute atomic E-state index is 12.5. The molecule has 0 aromatic carbocycles. The standard InChI is InChI=1S/C20H38Cl3NO4Si2/c1-18(2,3)29(7,8)27-13-11-12-15(26-12)14(24-17(25)20(21,22)23)16(13)28-30(9,10)19(4,5)6/h12-16H,11H2,1-10H3,(H,24,25)/t12-,13-,14-,15-,16-/m0/s1. The highest BCUT2D eigenvalue weighted by Crippen LogP contribution is 2.47. The van der Waals surface area contributed by atoms with Crippen molar-refractivity contribution in [3.05, 3.63) is 0 Å². The van der Waals surface area contributed by atoms with Gasteiger partial charge >= 0.3 is 0 Å². The van der Waals surface area contributed by atoms with Gasteiger partial charge < -0.3 is 18.9 Å². The summed E-state index contributed by atoms with van der Waals surface area (Å²) < 4.78 is 17.5. The average Bonchev–Trinajstić information content (AvgIpc) is 3.25. The van der Waals surface area contributed by atoms with Crippen LogP contribution in [-0.4, -0.2) is 56.8 Å². The third-order valence-corrected chi connectivity index (χ3v) is 16.7. The number of ether oxygens (including phenoxy) is 1. The van der Waals surface area contributed by atoms with Crippen LogP contribution in [0.5, 0.6) is 0 Å². The third-order valence-electron chi connectivity index (χ3n) is 7.20. The van der Waals surface area contributed by atoms with Gasteiger partial charge in [-0.1, -0.05) is 76.3 Å². The summed E-state index contributed by atoms with van der Waals surface area (Å²) in [4.78, 5) is 12.5. The molecular formula is C20H38Cl3NO4Si2. The lowest BCUT2D eigenvalue weighted by atomic mass is 9.90. The number of alkyl halides is 3. The molecule has 2 aliphatic rings. The first-order chi connectivity index (χ1) is 13.2. The van der Waals surface area contributed by atoms with Gasteiger partial charge in [0.1, 0.15) is 6.10 Å². The van der Waals surface area contributed by atoms with Crippen molar-refractivity contribution < 1.29 is 18.4 Å². The summed E-state index contributed by atoms with van der Waals surface area (Å²) >= 11 is 17.5. The average molecular weight is 519 g/mol. The molecule has 2 fully saturated rings. The second kappa shape index (κ2) is 8.46. The fraction of sp³-hybridized carbons (Fsp3) is 0.950. The fourth-order valence-corrected chi connectivity index (χ4v) is 6.01. The van der Waals surface area contributed by atoms with Gasteiger partial charge in [-0.15, -0.1) is 0 Å². The zero-order valence-corrected chi connectivity index (χ0v) is 24.1. The van der Waals surface area contributed by atoms with Gasteiger partial charge in [0, 0.05) is 6.42 Å². The molecular weight excluding hydrogens is 481 g/mol. The first-order valence-corrected chi connectivity index (χ1v) is 17.5. The van der Waals surface area contributed by atoms with Gasteiger partial charge in [-0.25, -0.2) is 0 Å². The quantitative estimate of drug-likeness (QED) is 0.284. The molecule has 10 heteroatoms. The summed E-state index contributed by atoms with van der Waals surface area (Å²) in [6.45, 7) is 22.1. The number of nitrogens with one attached hydrogen (secondary N) is 1. The van der Waals surface area contributed by atoms with Gasteiger partial charge in [0.25, 0.3) is 9.70 Å². The number of halogens is 3. The Kier molecular flexibility index (Phi) is 7.58. The Morgan fingerprint density at radius 2 is 1.40 bits per heavy atom. The zero-order valence-electron chi connectivity index (χ0n) is 19.9. The summed E-state index contributed by atoms with van der Waals surface area (Å²) in [5.41, 5.74) is 0. The van der Waals surface area contributed by atoms with E-state index in [1.807, 2.05) is 0 Å². The molecule has 5 nitrogen and oxygen atoms in total. The fourth-order valence-electron chi connectivity index (χ4n) is 3.18. The molecule has 1 amide bonds.